The van der Waals surface area contributed by atoms with Crippen LogP contribution in [0.25, 0.3) is 0 Å². The molecular weight excluding hydrogens is 877 g/mol. The smallest absolute Gasteiger partial charge is 0.319 e. The standard InChI is InChI=1S/C10H17NO.C10H19NO.C9H18N2O.C9H17N.C8H16N2O.C7H15NO2S/c1-7(2)9-5-11(6-9)10(12)8-3-4-8;1-7(2)9-5-11(6-9)10(12)8(3)4;1-7(2)8-5-11(6-8)9(12)10(3)4;1-7(2)9-5-10(6-9)8(3)4;1-6(2)7-4-10(5-7)8(11)9-3;1-6(2)7-4-8(5-7)11(3,9)10/h7-9H,3-6H2,1-2H3;7-9H,5-6H2,1-4H3;7-8H,5-6H2,1-4H3;7,9H,3,5-6H2,1-2,4H3;6-7H,4-5H2,1-3H3,(H,9,11);6-7H,4-5H2,1-3H3. The highest BCUT2D eigenvalue weighted by Gasteiger charge is 2.40. The van der Waals surface area contributed by atoms with Crippen molar-refractivity contribution < 1.29 is 27.6 Å². The largest absolute Gasteiger partial charge is 0.375 e. The molecule has 0 radical (unpaired) electrons. The van der Waals surface area contributed by atoms with Gasteiger partial charge in [-0.2, -0.15) is 0 Å². The van der Waals surface area contributed by atoms with Crippen LogP contribution in [-0.4, -0.2) is 172 Å². The Balaban J connectivity index is 0.000000280. The van der Waals surface area contributed by atoms with Gasteiger partial charge in [-0.25, -0.2) is 22.3 Å². The summed E-state index contributed by atoms with van der Waals surface area (Å²) in [4.78, 5) is 56.9. The van der Waals surface area contributed by atoms with Crippen LogP contribution in [0.4, 0.5) is 9.59 Å². The van der Waals surface area contributed by atoms with E-state index < -0.39 is 10.0 Å². The Bertz CT molecular complexity index is 1590. The monoisotopic (exact) mass is 979 g/mol. The van der Waals surface area contributed by atoms with Crippen molar-refractivity contribution >= 4 is 33.9 Å². The minimum Gasteiger partial charge on any atom is -0.375 e. The molecule has 6 saturated heterocycles. The highest BCUT2D eigenvalue weighted by molar-refractivity contribution is 7.88. The van der Waals surface area contributed by atoms with E-state index in [4.69, 9.17) is 0 Å². The van der Waals surface area contributed by atoms with Crippen molar-refractivity contribution in [2.45, 2.75) is 117 Å². The molecule has 0 spiro atoms. The maximum absolute atomic E-state index is 11.5. The second kappa shape index (κ2) is 27.5. The Hall–Kier alpha value is -3.07. The Labute approximate surface area is 416 Å². The van der Waals surface area contributed by atoms with Gasteiger partial charge in [0.25, 0.3) is 0 Å². The maximum atomic E-state index is 11.5. The van der Waals surface area contributed by atoms with Gasteiger partial charge in [-0.05, 0) is 90.8 Å². The van der Waals surface area contributed by atoms with E-state index in [1.54, 1.807) is 26.0 Å². The minimum atomic E-state index is -2.90. The number of likely N-dealkylation sites (tertiary alicyclic amines) is 5. The fourth-order valence-corrected chi connectivity index (χ4v) is 9.15. The van der Waals surface area contributed by atoms with Gasteiger partial charge in [0, 0.05) is 117 Å². The lowest BCUT2D eigenvalue weighted by Crippen LogP contribution is -2.54. The van der Waals surface area contributed by atoms with Crippen molar-refractivity contribution in [3.05, 3.63) is 12.3 Å². The van der Waals surface area contributed by atoms with E-state index >= 15 is 0 Å². The number of sulfonamides is 1. The molecule has 0 aromatic heterocycles. The first-order valence-electron chi connectivity index (χ1n) is 26.3. The van der Waals surface area contributed by atoms with Crippen LogP contribution in [0.3, 0.4) is 0 Å². The molecule has 68 heavy (non-hydrogen) atoms. The molecule has 7 fully saturated rings. The van der Waals surface area contributed by atoms with E-state index in [1.807, 2.05) is 33.4 Å². The summed E-state index contributed by atoms with van der Waals surface area (Å²) in [6.07, 6.45) is 3.55. The minimum absolute atomic E-state index is 0.0573. The normalized spacial score (nSPS) is 20.2. The van der Waals surface area contributed by atoms with E-state index in [1.165, 1.54) is 29.3 Å². The van der Waals surface area contributed by atoms with Gasteiger partial charge < -0.3 is 34.7 Å². The third-order valence-electron chi connectivity index (χ3n) is 15.3. The molecule has 7 aliphatic rings. The summed E-state index contributed by atoms with van der Waals surface area (Å²) in [5, 5.41) is 2.61. The number of hydrogen-bond donors (Lipinski definition) is 1. The molecule has 15 heteroatoms. The number of carbonyl (C=O) groups excluding carboxylic acids is 4. The molecule has 6 aliphatic heterocycles. The molecule has 0 aromatic carbocycles. The highest BCUT2D eigenvalue weighted by atomic mass is 32.2. The van der Waals surface area contributed by atoms with E-state index in [9.17, 15) is 27.6 Å². The van der Waals surface area contributed by atoms with Crippen molar-refractivity contribution in [3.8, 4) is 0 Å². The third kappa shape index (κ3) is 19.3. The third-order valence-corrected chi connectivity index (χ3v) is 16.5. The van der Waals surface area contributed by atoms with Gasteiger partial charge in [-0.1, -0.05) is 104 Å². The molecule has 1 N–H and O–H groups in total. The van der Waals surface area contributed by atoms with Crippen molar-refractivity contribution in [3.63, 3.8) is 0 Å². The summed E-state index contributed by atoms with van der Waals surface area (Å²) in [6, 6.07) is 0.203. The molecule has 6 amide bonds. The summed E-state index contributed by atoms with van der Waals surface area (Å²) in [6.45, 7) is 48.1. The number of rotatable bonds is 10. The van der Waals surface area contributed by atoms with E-state index in [0.717, 1.165) is 114 Å². The predicted molar refractivity (Wildman–Crippen MR) is 280 cm³/mol. The van der Waals surface area contributed by atoms with Crippen LogP contribution in [-0.2, 0) is 19.6 Å². The zero-order chi connectivity index (χ0) is 52.1. The van der Waals surface area contributed by atoms with Crippen LogP contribution in [0, 0.1) is 82.9 Å². The Morgan fingerprint density at radius 1 is 0.515 bits per heavy atom. The van der Waals surface area contributed by atoms with Crippen molar-refractivity contribution in [1.82, 2.24) is 39.0 Å². The van der Waals surface area contributed by atoms with Gasteiger partial charge in [0.15, 0.2) is 0 Å². The second-order valence-electron chi connectivity index (χ2n) is 23.7. The SMILES string of the molecule is C=C(C)N1CC(C(C)C)C1.CC(C)C(=O)N1CC(C(C)C)C1.CC(C)C1CN(C(=O)C2CC2)C1.CC(C)C1CN(C(=O)N(C)C)C1.CC(C)C1CN(S(C)(=O)=O)C1.CNC(=O)N1CC(C(C)C)C1. The van der Waals surface area contributed by atoms with Gasteiger partial charge in [0.05, 0.1) is 6.26 Å². The number of nitrogens with zero attached hydrogens (tertiary/aromatic N) is 7. The highest BCUT2D eigenvalue weighted by Crippen LogP contribution is 2.35. The van der Waals surface area contributed by atoms with Crippen molar-refractivity contribution in [1.29, 1.82) is 0 Å². The molecule has 7 rings (SSSR count). The number of amides is 6. The topological polar surface area (TPSA) is 137 Å². The number of hydrogen-bond acceptors (Lipinski definition) is 7. The summed E-state index contributed by atoms with van der Waals surface area (Å²) in [5.41, 5.74) is 1.22. The lowest BCUT2D eigenvalue weighted by Gasteiger charge is -2.43. The Morgan fingerprint density at radius 3 is 1.10 bits per heavy atom. The van der Waals surface area contributed by atoms with E-state index in [0.29, 0.717) is 53.2 Å². The summed E-state index contributed by atoms with van der Waals surface area (Å²) in [7, 11) is 2.37. The van der Waals surface area contributed by atoms with Gasteiger partial charge >= 0.3 is 12.1 Å². The molecule has 0 atom stereocenters. The second-order valence-corrected chi connectivity index (χ2v) is 25.7. The molecule has 6 heterocycles. The van der Waals surface area contributed by atoms with Crippen LogP contribution in [0.5, 0.6) is 0 Å². The van der Waals surface area contributed by atoms with Crippen LogP contribution < -0.4 is 5.32 Å². The lowest BCUT2D eigenvalue weighted by molar-refractivity contribution is -0.142. The molecule has 0 unspecified atom stereocenters. The molecule has 1 saturated carbocycles. The Kier molecular flexibility index (Phi) is 24.7. The lowest BCUT2D eigenvalue weighted by atomic mass is 9.88. The number of allylic oxidation sites excluding steroid dienone is 1. The van der Waals surface area contributed by atoms with Gasteiger partial charge in [0.2, 0.25) is 21.8 Å². The average Bonchev–Trinajstić information content (AvgIpc) is 3.93. The van der Waals surface area contributed by atoms with Gasteiger partial charge in [-0.15, -0.1) is 0 Å². The number of nitrogens with one attached hydrogen (secondary N) is 1. The molecule has 1 aliphatic carbocycles. The predicted octanol–water partition coefficient (Wildman–Crippen LogP) is 8.08. The van der Waals surface area contributed by atoms with E-state index in [2.05, 4.69) is 107 Å². The number of urea groups is 2. The molecule has 0 bridgehead atoms. The molecule has 396 valence electrons. The zero-order valence-electron chi connectivity index (χ0n) is 46.7. The van der Waals surface area contributed by atoms with Crippen molar-refractivity contribution in [2.24, 2.45) is 82.9 Å². The first-order valence-corrected chi connectivity index (χ1v) is 28.1. The van der Waals surface area contributed by atoms with Gasteiger partial charge in [0.1, 0.15) is 0 Å². The fourth-order valence-electron chi connectivity index (χ4n) is 8.22. The summed E-state index contributed by atoms with van der Waals surface area (Å²) in [5.74, 6) is 10.1. The molecule has 0 aromatic rings. The van der Waals surface area contributed by atoms with Crippen LogP contribution in [0.15, 0.2) is 12.3 Å². The van der Waals surface area contributed by atoms with Crippen LogP contribution >= 0.6 is 0 Å². The Morgan fingerprint density at radius 2 is 0.824 bits per heavy atom. The first-order chi connectivity index (χ1) is 31.4. The zero-order valence-corrected chi connectivity index (χ0v) is 47.5. The van der Waals surface area contributed by atoms with Crippen molar-refractivity contribution in [2.75, 3.05) is 106 Å². The van der Waals surface area contributed by atoms with Crippen LogP contribution in [0.1, 0.15) is 117 Å². The number of carbonyl (C=O) groups is 4. The fraction of sp³-hybridized carbons (Fsp3) is 0.887. The summed E-state index contributed by atoms with van der Waals surface area (Å²) < 4.78 is 23.3. The van der Waals surface area contributed by atoms with Crippen LogP contribution in [0.2, 0.25) is 0 Å². The maximum Gasteiger partial charge on any atom is 0.319 e. The van der Waals surface area contributed by atoms with E-state index in [-0.39, 0.29) is 18.0 Å². The quantitative estimate of drug-likeness (QED) is 0.234. The average molecular weight is 980 g/mol. The first kappa shape index (κ1) is 61.1. The summed E-state index contributed by atoms with van der Waals surface area (Å²) >= 11 is 0. The van der Waals surface area contributed by atoms with Gasteiger partial charge in [-0.3, -0.25) is 9.59 Å². The molecular formula is C53H102N8O6S. The molecule has 14 nitrogen and oxygen atoms in total.